The minimum Gasteiger partial charge on any atom is -0.125 e. The van der Waals surface area contributed by atoms with E-state index in [0.717, 1.165) is 0 Å². The fourth-order valence-corrected chi connectivity index (χ4v) is 1.95. The zero-order chi connectivity index (χ0) is 8.36. The molecule has 0 spiro atoms. The van der Waals surface area contributed by atoms with Crippen LogP contribution in [0.3, 0.4) is 0 Å². The second kappa shape index (κ2) is 4.84. The van der Waals surface area contributed by atoms with E-state index in [9.17, 15) is 0 Å². The van der Waals surface area contributed by atoms with E-state index >= 15 is 0 Å². The van der Waals surface area contributed by atoms with Crippen LogP contribution >= 0.6 is 73.9 Å². The molecule has 0 aliphatic carbocycles. The number of halogens is 6. The van der Waals surface area contributed by atoms with Crippen molar-refractivity contribution in [3.05, 3.63) is 0 Å². The van der Waals surface area contributed by atoms with Crippen LogP contribution in [0, 0.1) is 0 Å². The maximum Gasteiger partial charge on any atom is 0.207 e. The first kappa shape index (κ1) is 11.9. The minimum atomic E-state index is -1.47. The summed E-state index contributed by atoms with van der Waals surface area (Å²) in [7, 11) is 0. The molecule has 0 aromatic heterocycles. The quantitative estimate of drug-likeness (QED) is 0.677. The maximum atomic E-state index is 5.68. The molecule has 0 aliphatic heterocycles. The van der Waals surface area contributed by atoms with Crippen LogP contribution in [0.5, 0.6) is 0 Å². The summed E-state index contributed by atoms with van der Waals surface area (Å²) in [6.45, 7) is 0. The Morgan fingerprint density at radius 1 is 1.30 bits per heavy atom. The van der Waals surface area contributed by atoms with Gasteiger partial charge in [-0.1, -0.05) is 50.7 Å². The van der Waals surface area contributed by atoms with Crippen molar-refractivity contribution >= 4 is 73.9 Å². The van der Waals surface area contributed by atoms with Crippen molar-refractivity contribution < 1.29 is 0 Å². The molecule has 0 bridgehead atoms. The highest BCUT2D eigenvalue weighted by Gasteiger charge is 2.35. The fraction of sp³-hybridized carbons (Fsp3) is 1.00. The van der Waals surface area contributed by atoms with Gasteiger partial charge in [-0.25, -0.2) is 0 Å². The van der Waals surface area contributed by atoms with Crippen LogP contribution in [-0.4, -0.2) is 19.9 Å². The third-order valence-corrected chi connectivity index (χ3v) is 4.31. The molecule has 0 amide bonds. The summed E-state index contributed by atoms with van der Waals surface area (Å²) < 4.78 is -1.47. The molecular formula is C4H4BrCl5. The van der Waals surface area contributed by atoms with Crippen LogP contribution in [0.2, 0.25) is 0 Å². The van der Waals surface area contributed by atoms with Crippen molar-refractivity contribution in [2.75, 3.05) is 5.88 Å². The van der Waals surface area contributed by atoms with Crippen molar-refractivity contribution in [3.8, 4) is 0 Å². The Bertz CT molecular complexity index is 100. The minimum absolute atomic E-state index is 0.191. The topological polar surface area (TPSA) is 0 Å². The van der Waals surface area contributed by atoms with Gasteiger partial charge < -0.3 is 0 Å². The third-order valence-electron chi connectivity index (χ3n) is 0.778. The Hall–Kier alpha value is 1.93. The average Bonchev–Trinajstić information content (AvgIpc) is 1.83. The number of alkyl halides is 6. The lowest BCUT2D eigenvalue weighted by atomic mass is 10.4. The molecular weight excluding hydrogens is 305 g/mol. The van der Waals surface area contributed by atoms with Crippen LogP contribution in [-0.2, 0) is 0 Å². The normalized spacial score (nSPS) is 18.6. The summed E-state index contributed by atoms with van der Waals surface area (Å²) in [6, 6.07) is 0. The maximum absolute atomic E-state index is 5.68. The molecule has 2 unspecified atom stereocenters. The Morgan fingerprint density at radius 2 is 1.70 bits per heavy atom. The van der Waals surface area contributed by atoms with Gasteiger partial charge in [0, 0.05) is 10.7 Å². The molecule has 0 saturated carbocycles. The molecule has 0 aliphatic rings. The van der Waals surface area contributed by atoms with Gasteiger partial charge in [0.05, 0.1) is 5.38 Å². The van der Waals surface area contributed by atoms with Gasteiger partial charge in [-0.15, -0.1) is 23.2 Å². The van der Waals surface area contributed by atoms with Crippen molar-refractivity contribution in [3.63, 3.8) is 0 Å². The van der Waals surface area contributed by atoms with E-state index in [1.807, 2.05) is 0 Å². The second-order valence-corrected chi connectivity index (χ2v) is 5.94. The zero-order valence-electron chi connectivity index (χ0n) is 4.63. The molecule has 0 fully saturated rings. The molecule has 0 rings (SSSR count). The van der Waals surface area contributed by atoms with Crippen LogP contribution in [0.1, 0.15) is 0 Å². The van der Waals surface area contributed by atoms with Gasteiger partial charge in [0.2, 0.25) is 3.79 Å². The monoisotopic (exact) mass is 306 g/mol. The largest absolute Gasteiger partial charge is 0.207 e. The lowest BCUT2D eigenvalue weighted by molar-refractivity contribution is 0.868. The molecule has 0 radical (unpaired) electrons. The molecule has 62 valence electrons. The first-order chi connectivity index (χ1) is 4.39. The fourth-order valence-electron chi connectivity index (χ4n) is 0.283. The predicted octanol–water partition coefficient (Wildman–Crippen LogP) is 3.97. The van der Waals surface area contributed by atoms with Crippen LogP contribution in [0.4, 0.5) is 0 Å². The van der Waals surface area contributed by atoms with E-state index in [1.165, 1.54) is 0 Å². The Balaban J connectivity index is 3.94. The summed E-state index contributed by atoms with van der Waals surface area (Å²) in [4.78, 5) is -0.191. The molecule has 0 N–H and O–H groups in total. The van der Waals surface area contributed by atoms with Crippen molar-refractivity contribution in [1.82, 2.24) is 0 Å². The lowest BCUT2D eigenvalue weighted by Crippen LogP contribution is -2.29. The first-order valence-electron chi connectivity index (χ1n) is 2.30. The van der Waals surface area contributed by atoms with E-state index in [0.29, 0.717) is 5.88 Å². The summed E-state index contributed by atoms with van der Waals surface area (Å²) in [5.74, 6) is 0.308. The summed E-state index contributed by atoms with van der Waals surface area (Å²) in [5, 5.41) is -0.616. The van der Waals surface area contributed by atoms with Crippen LogP contribution in [0.15, 0.2) is 0 Å². The van der Waals surface area contributed by atoms with E-state index in [1.54, 1.807) is 0 Å². The van der Waals surface area contributed by atoms with Gasteiger partial charge >= 0.3 is 0 Å². The van der Waals surface area contributed by atoms with E-state index in [-0.39, 0.29) is 4.83 Å². The van der Waals surface area contributed by atoms with Gasteiger partial charge in [-0.2, -0.15) is 0 Å². The molecule has 0 nitrogen and oxygen atoms in total. The highest BCUT2D eigenvalue weighted by atomic mass is 79.9. The highest BCUT2D eigenvalue weighted by molar-refractivity contribution is 9.09. The molecule has 0 saturated heterocycles. The van der Waals surface area contributed by atoms with Crippen LogP contribution in [0.25, 0.3) is 0 Å². The van der Waals surface area contributed by atoms with E-state index in [2.05, 4.69) is 15.9 Å². The summed E-state index contributed by atoms with van der Waals surface area (Å²) in [5.41, 5.74) is 0. The van der Waals surface area contributed by atoms with Gasteiger partial charge in [-0.05, 0) is 0 Å². The molecule has 0 aromatic rings. The second-order valence-electron chi connectivity index (χ2n) is 1.61. The molecule has 10 heavy (non-hydrogen) atoms. The molecule has 0 aromatic carbocycles. The van der Waals surface area contributed by atoms with Gasteiger partial charge in [0.15, 0.2) is 0 Å². The Morgan fingerprint density at radius 3 is 1.80 bits per heavy atom. The van der Waals surface area contributed by atoms with Gasteiger partial charge in [0.25, 0.3) is 0 Å². The SMILES string of the molecule is ClCC(Br)C(Cl)C(Cl)(Cl)Cl. The third kappa shape index (κ3) is 4.08. The van der Waals surface area contributed by atoms with Crippen molar-refractivity contribution in [1.29, 1.82) is 0 Å². The van der Waals surface area contributed by atoms with Crippen molar-refractivity contribution in [2.45, 2.75) is 14.0 Å². The smallest absolute Gasteiger partial charge is 0.125 e. The van der Waals surface area contributed by atoms with E-state index in [4.69, 9.17) is 58.0 Å². The predicted molar refractivity (Wildman–Crippen MR) is 53.4 cm³/mol. The van der Waals surface area contributed by atoms with Crippen molar-refractivity contribution in [2.24, 2.45) is 0 Å². The standard InChI is InChI=1S/C4H4BrCl5/c5-2(1-6)3(7)4(8,9)10/h2-3H,1H2. The van der Waals surface area contributed by atoms with Gasteiger partial charge in [-0.3, -0.25) is 0 Å². The number of hydrogen-bond acceptors (Lipinski definition) is 0. The van der Waals surface area contributed by atoms with E-state index < -0.39 is 9.17 Å². The summed E-state index contributed by atoms with van der Waals surface area (Å²) >= 11 is 30.7. The average molecular weight is 309 g/mol. The molecule has 6 heteroatoms. The number of hydrogen-bond donors (Lipinski definition) is 0. The Labute approximate surface area is 93.2 Å². The highest BCUT2D eigenvalue weighted by Crippen LogP contribution is 2.37. The summed E-state index contributed by atoms with van der Waals surface area (Å²) in [6.07, 6.45) is 0. The van der Waals surface area contributed by atoms with Crippen LogP contribution < -0.4 is 0 Å². The lowest BCUT2D eigenvalue weighted by Gasteiger charge is -2.20. The Kier molecular flexibility index (Phi) is 5.77. The molecule has 2 atom stereocenters. The molecule has 0 heterocycles. The zero-order valence-corrected chi connectivity index (χ0v) is 10.00. The number of rotatable bonds is 2. The van der Waals surface area contributed by atoms with Gasteiger partial charge in [0.1, 0.15) is 0 Å². The first-order valence-corrected chi connectivity index (χ1v) is 5.32.